The summed E-state index contributed by atoms with van der Waals surface area (Å²) < 4.78 is 1.02. The summed E-state index contributed by atoms with van der Waals surface area (Å²) in [6.07, 6.45) is 3.55. The molecule has 0 spiro atoms. The van der Waals surface area contributed by atoms with Crippen molar-refractivity contribution in [3.05, 3.63) is 47.2 Å². The van der Waals surface area contributed by atoms with Gasteiger partial charge in [-0.15, -0.1) is 0 Å². The molecule has 0 radical (unpaired) electrons. The van der Waals surface area contributed by atoms with Crippen LogP contribution in [0.2, 0.25) is 0 Å². The summed E-state index contributed by atoms with van der Waals surface area (Å²) in [6.45, 7) is 2.87. The molecule has 0 aliphatic rings. The number of aromatic nitrogens is 3. The van der Waals surface area contributed by atoms with E-state index in [9.17, 15) is 0 Å². The minimum atomic E-state index is 0.680. The van der Waals surface area contributed by atoms with Crippen LogP contribution >= 0.6 is 15.9 Å². The zero-order valence-electron chi connectivity index (χ0n) is 11.0. The normalized spacial score (nSPS) is 10.7. The molecule has 0 unspecified atom stereocenters. The highest BCUT2D eigenvalue weighted by molar-refractivity contribution is 9.10. The van der Waals surface area contributed by atoms with Gasteiger partial charge in [-0.25, -0.2) is 9.97 Å². The monoisotopic (exact) mass is 328 g/mol. The van der Waals surface area contributed by atoms with Crippen LogP contribution in [0.5, 0.6) is 0 Å². The van der Waals surface area contributed by atoms with Crippen molar-refractivity contribution >= 4 is 32.7 Å². The molecular weight excluding hydrogens is 316 g/mol. The zero-order valence-corrected chi connectivity index (χ0v) is 12.6. The maximum atomic E-state index is 4.54. The molecule has 0 fully saturated rings. The first-order valence-corrected chi connectivity index (χ1v) is 7.19. The van der Waals surface area contributed by atoms with E-state index in [1.54, 1.807) is 12.4 Å². The molecule has 0 atom stereocenters. The van der Waals surface area contributed by atoms with Crippen molar-refractivity contribution in [3.8, 4) is 11.4 Å². The highest BCUT2D eigenvalue weighted by Crippen LogP contribution is 2.30. The molecule has 4 nitrogen and oxygen atoms in total. The van der Waals surface area contributed by atoms with Crippen LogP contribution in [0.3, 0.4) is 0 Å². The molecule has 3 aromatic rings. The van der Waals surface area contributed by atoms with Gasteiger partial charge in [0.2, 0.25) is 0 Å². The molecule has 1 aromatic carbocycles. The van der Waals surface area contributed by atoms with Gasteiger partial charge in [-0.2, -0.15) is 0 Å². The standard InChI is InChI=1S/C15H13BrN4/c1-2-17-13-7-9-19-15(20-13)11-5-6-12(16)10-4-3-8-18-14(10)11/h3-9H,2H2,1H3,(H,17,19,20). The van der Waals surface area contributed by atoms with Gasteiger partial charge in [0.15, 0.2) is 5.82 Å². The lowest BCUT2D eigenvalue weighted by molar-refractivity contribution is 1.12. The van der Waals surface area contributed by atoms with E-state index >= 15 is 0 Å². The topological polar surface area (TPSA) is 50.7 Å². The quantitative estimate of drug-likeness (QED) is 0.792. The molecule has 100 valence electrons. The summed E-state index contributed by atoms with van der Waals surface area (Å²) in [5, 5.41) is 4.25. The summed E-state index contributed by atoms with van der Waals surface area (Å²) in [7, 11) is 0. The van der Waals surface area contributed by atoms with E-state index in [1.165, 1.54) is 0 Å². The van der Waals surface area contributed by atoms with Crippen molar-refractivity contribution in [3.63, 3.8) is 0 Å². The molecule has 2 heterocycles. The number of nitrogens with one attached hydrogen (secondary N) is 1. The van der Waals surface area contributed by atoms with E-state index in [4.69, 9.17) is 0 Å². The molecule has 0 saturated carbocycles. The van der Waals surface area contributed by atoms with Gasteiger partial charge in [0.25, 0.3) is 0 Å². The molecule has 0 aliphatic carbocycles. The van der Waals surface area contributed by atoms with E-state index in [2.05, 4.69) is 36.2 Å². The smallest absolute Gasteiger partial charge is 0.163 e. The van der Waals surface area contributed by atoms with Gasteiger partial charge >= 0.3 is 0 Å². The minimum Gasteiger partial charge on any atom is -0.370 e. The van der Waals surface area contributed by atoms with Crippen molar-refractivity contribution in [2.75, 3.05) is 11.9 Å². The summed E-state index contributed by atoms with van der Waals surface area (Å²) >= 11 is 3.55. The fourth-order valence-corrected chi connectivity index (χ4v) is 2.54. The molecule has 0 aliphatic heterocycles. The van der Waals surface area contributed by atoms with Crippen molar-refractivity contribution in [1.82, 2.24) is 15.0 Å². The SMILES string of the molecule is CCNc1ccnc(-c2ccc(Br)c3cccnc23)n1. The van der Waals surface area contributed by atoms with Crippen LogP contribution in [0.4, 0.5) is 5.82 Å². The Hall–Kier alpha value is -2.01. The van der Waals surface area contributed by atoms with Crippen molar-refractivity contribution in [2.24, 2.45) is 0 Å². The fourth-order valence-electron chi connectivity index (χ4n) is 2.09. The molecule has 0 bridgehead atoms. The van der Waals surface area contributed by atoms with Gasteiger partial charge in [0, 0.05) is 34.4 Å². The van der Waals surface area contributed by atoms with Gasteiger partial charge < -0.3 is 5.32 Å². The van der Waals surface area contributed by atoms with Crippen LogP contribution in [0.25, 0.3) is 22.3 Å². The Morgan fingerprint density at radius 3 is 2.85 bits per heavy atom. The Morgan fingerprint density at radius 2 is 2.00 bits per heavy atom. The minimum absolute atomic E-state index is 0.680. The third-order valence-electron chi connectivity index (χ3n) is 2.97. The number of rotatable bonds is 3. The first kappa shape index (κ1) is 13.0. The van der Waals surface area contributed by atoms with E-state index in [1.807, 2.05) is 37.3 Å². The Kier molecular flexibility index (Phi) is 3.60. The van der Waals surface area contributed by atoms with Crippen molar-refractivity contribution in [1.29, 1.82) is 0 Å². The molecule has 0 saturated heterocycles. The number of hydrogen-bond acceptors (Lipinski definition) is 4. The summed E-state index contributed by atoms with van der Waals surface area (Å²) in [4.78, 5) is 13.4. The first-order valence-electron chi connectivity index (χ1n) is 6.40. The number of fused-ring (bicyclic) bond motifs is 1. The Labute approximate surface area is 125 Å². The highest BCUT2D eigenvalue weighted by Gasteiger charge is 2.10. The molecule has 3 rings (SSSR count). The average Bonchev–Trinajstić information content (AvgIpc) is 2.49. The van der Waals surface area contributed by atoms with Gasteiger partial charge in [0.1, 0.15) is 5.82 Å². The Bertz CT molecular complexity index is 758. The van der Waals surface area contributed by atoms with Crippen LogP contribution in [0.1, 0.15) is 6.92 Å². The van der Waals surface area contributed by atoms with Crippen LogP contribution in [-0.4, -0.2) is 21.5 Å². The highest BCUT2D eigenvalue weighted by atomic mass is 79.9. The van der Waals surface area contributed by atoms with Crippen LogP contribution < -0.4 is 5.32 Å². The summed E-state index contributed by atoms with van der Waals surface area (Å²) in [6, 6.07) is 9.81. The number of anilines is 1. The Morgan fingerprint density at radius 1 is 1.10 bits per heavy atom. The first-order chi connectivity index (χ1) is 9.79. The molecule has 5 heteroatoms. The third-order valence-corrected chi connectivity index (χ3v) is 3.66. The molecule has 20 heavy (non-hydrogen) atoms. The van der Waals surface area contributed by atoms with Gasteiger partial charge in [-0.1, -0.05) is 22.0 Å². The largest absolute Gasteiger partial charge is 0.370 e. The molecule has 1 N–H and O–H groups in total. The van der Waals surface area contributed by atoms with E-state index in [0.717, 1.165) is 33.3 Å². The zero-order chi connectivity index (χ0) is 13.9. The van der Waals surface area contributed by atoms with Crippen LogP contribution in [0.15, 0.2) is 47.2 Å². The second kappa shape index (κ2) is 5.54. The number of hydrogen-bond donors (Lipinski definition) is 1. The summed E-state index contributed by atoms with van der Waals surface area (Å²) in [5.74, 6) is 1.50. The predicted molar refractivity (Wildman–Crippen MR) is 84.6 cm³/mol. The fraction of sp³-hybridized carbons (Fsp3) is 0.133. The lowest BCUT2D eigenvalue weighted by atomic mass is 10.1. The van der Waals surface area contributed by atoms with Crippen LogP contribution in [0, 0.1) is 0 Å². The maximum Gasteiger partial charge on any atom is 0.163 e. The number of halogens is 1. The van der Waals surface area contributed by atoms with Gasteiger partial charge in [-0.3, -0.25) is 4.98 Å². The number of benzene rings is 1. The third kappa shape index (κ3) is 2.36. The summed E-state index contributed by atoms with van der Waals surface area (Å²) in [5.41, 5.74) is 1.83. The second-order valence-electron chi connectivity index (χ2n) is 4.29. The lowest BCUT2D eigenvalue weighted by Crippen LogP contribution is -2.01. The van der Waals surface area contributed by atoms with Crippen molar-refractivity contribution < 1.29 is 0 Å². The Balaban J connectivity index is 2.19. The van der Waals surface area contributed by atoms with E-state index in [0.29, 0.717) is 5.82 Å². The van der Waals surface area contributed by atoms with E-state index in [-0.39, 0.29) is 0 Å². The maximum absolute atomic E-state index is 4.54. The number of pyridine rings is 1. The second-order valence-corrected chi connectivity index (χ2v) is 5.14. The van der Waals surface area contributed by atoms with Crippen LogP contribution in [-0.2, 0) is 0 Å². The molecular formula is C15H13BrN4. The number of nitrogens with zero attached hydrogens (tertiary/aromatic N) is 3. The van der Waals surface area contributed by atoms with Gasteiger partial charge in [0.05, 0.1) is 5.52 Å². The lowest BCUT2D eigenvalue weighted by Gasteiger charge is -2.08. The van der Waals surface area contributed by atoms with Gasteiger partial charge in [-0.05, 0) is 31.2 Å². The average molecular weight is 329 g/mol. The van der Waals surface area contributed by atoms with E-state index < -0.39 is 0 Å². The predicted octanol–water partition coefficient (Wildman–Crippen LogP) is 3.89. The molecule has 2 aromatic heterocycles. The van der Waals surface area contributed by atoms with Crippen molar-refractivity contribution in [2.45, 2.75) is 6.92 Å². The molecule has 0 amide bonds.